The van der Waals surface area contributed by atoms with Gasteiger partial charge >= 0.3 is 6.09 Å². The minimum Gasteiger partial charge on any atom is -0.449 e. The number of allylic oxidation sites excluding steroid dienone is 1. The summed E-state index contributed by atoms with van der Waals surface area (Å²) in [5.41, 5.74) is 4.79. The molecule has 2 aromatic carbocycles. The number of benzene rings is 2. The standard InChI is InChI=1S/C22H23ClN2O2/c1-2-14-27-22(26)25-21-8-4-3-7-20(21)24-19-9-5-6-17(19)15-16-10-12-18(23)13-11-16/h3-4,7-8,10-13,15H,2,5-6,9,14H2,1H3,(H,25,26). The van der Waals surface area contributed by atoms with Gasteiger partial charge in [0.15, 0.2) is 0 Å². The smallest absolute Gasteiger partial charge is 0.411 e. The molecule has 2 aromatic rings. The van der Waals surface area contributed by atoms with Gasteiger partial charge in [0, 0.05) is 10.7 Å². The summed E-state index contributed by atoms with van der Waals surface area (Å²) < 4.78 is 5.11. The zero-order chi connectivity index (χ0) is 19.1. The third kappa shape index (κ3) is 5.44. The number of halogens is 1. The van der Waals surface area contributed by atoms with Crippen molar-refractivity contribution in [3.05, 3.63) is 64.7 Å². The minimum absolute atomic E-state index is 0.399. The molecule has 4 nitrogen and oxygen atoms in total. The molecule has 1 amide bonds. The van der Waals surface area contributed by atoms with Gasteiger partial charge in [0.2, 0.25) is 0 Å². The highest BCUT2D eigenvalue weighted by atomic mass is 35.5. The van der Waals surface area contributed by atoms with Crippen LogP contribution in [0.2, 0.25) is 5.02 Å². The molecule has 0 atom stereocenters. The fraction of sp³-hybridized carbons (Fsp3) is 0.273. The zero-order valence-corrected chi connectivity index (χ0v) is 16.1. The molecule has 0 bridgehead atoms. The lowest BCUT2D eigenvalue weighted by molar-refractivity contribution is 0.161. The first-order valence-corrected chi connectivity index (χ1v) is 9.60. The first kappa shape index (κ1) is 19.2. The van der Waals surface area contributed by atoms with Crippen LogP contribution >= 0.6 is 11.6 Å². The molecule has 0 heterocycles. The van der Waals surface area contributed by atoms with Gasteiger partial charge in [-0.1, -0.05) is 42.8 Å². The number of anilines is 1. The highest BCUT2D eigenvalue weighted by Gasteiger charge is 2.16. The van der Waals surface area contributed by atoms with E-state index in [-0.39, 0.29) is 0 Å². The number of nitrogens with zero attached hydrogens (tertiary/aromatic N) is 1. The van der Waals surface area contributed by atoms with Gasteiger partial charge in [0.1, 0.15) is 0 Å². The molecule has 0 radical (unpaired) electrons. The number of hydrogen-bond acceptors (Lipinski definition) is 3. The van der Waals surface area contributed by atoms with Gasteiger partial charge in [-0.3, -0.25) is 10.3 Å². The minimum atomic E-state index is -0.451. The largest absolute Gasteiger partial charge is 0.449 e. The van der Waals surface area contributed by atoms with Crippen molar-refractivity contribution in [3.8, 4) is 0 Å². The van der Waals surface area contributed by atoms with E-state index in [1.165, 1.54) is 5.57 Å². The summed E-state index contributed by atoms with van der Waals surface area (Å²) in [5.74, 6) is 0. The molecular weight excluding hydrogens is 360 g/mol. The average molecular weight is 383 g/mol. The molecule has 1 aliphatic carbocycles. The van der Waals surface area contributed by atoms with Gasteiger partial charge in [-0.25, -0.2) is 4.79 Å². The number of para-hydroxylation sites is 2. The van der Waals surface area contributed by atoms with E-state index < -0.39 is 6.09 Å². The molecular formula is C22H23ClN2O2. The summed E-state index contributed by atoms with van der Waals surface area (Å²) in [6, 6.07) is 15.3. The van der Waals surface area contributed by atoms with Crippen molar-refractivity contribution in [1.29, 1.82) is 0 Å². The van der Waals surface area contributed by atoms with Crippen molar-refractivity contribution in [1.82, 2.24) is 0 Å². The molecule has 0 unspecified atom stereocenters. The first-order chi connectivity index (χ1) is 13.2. The predicted octanol–water partition coefficient (Wildman–Crippen LogP) is 6.64. The summed E-state index contributed by atoms with van der Waals surface area (Å²) in [4.78, 5) is 16.7. The Hall–Kier alpha value is -2.59. The molecule has 1 fully saturated rings. The number of carbonyl (C=O) groups is 1. The topological polar surface area (TPSA) is 50.7 Å². The van der Waals surface area contributed by atoms with E-state index in [0.29, 0.717) is 12.3 Å². The summed E-state index contributed by atoms with van der Waals surface area (Å²) in [7, 11) is 0. The van der Waals surface area contributed by atoms with Crippen LogP contribution in [0.25, 0.3) is 6.08 Å². The lowest BCUT2D eigenvalue weighted by atomic mass is 10.1. The van der Waals surface area contributed by atoms with Gasteiger partial charge in [-0.05, 0) is 67.2 Å². The number of carbonyl (C=O) groups excluding carboxylic acids is 1. The van der Waals surface area contributed by atoms with Gasteiger partial charge in [0.05, 0.1) is 18.0 Å². The van der Waals surface area contributed by atoms with Gasteiger partial charge in [-0.15, -0.1) is 0 Å². The van der Waals surface area contributed by atoms with Crippen LogP contribution in [0.1, 0.15) is 38.2 Å². The third-order valence-corrected chi connectivity index (χ3v) is 4.53. The van der Waals surface area contributed by atoms with Crippen LogP contribution in [-0.2, 0) is 4.74 Å². The van der Waals surface area contributed by atoms with Crippen LogP contribution < -0.4 is 5.32 Å². The fourth-order valence-electron chi connectivity index (χ4n) is 2.96. The Morgan fingerprint density at radius 3 is 2.74 bits per heavy atom. The molecule has 1 aliphatic rings. The Kier molecular flexibility index (Phi) is 6.66. The number of ether oxygens (including phenoxy) is 1. The summed E-state index contributed by atoms with van der Waals surface area (Å²) >= 11 is 5.97. The Bertz CT molecular complexity index is 857. The first-order valence-electron chi connectivity index (χ1n) is 9.22. The third-order valence-electron chi connectivity index (χ3n) is 4.27. The second-order valence-corrected chi connectivity index (χ2v) is 6.85. The summed E-state index contributed by atoms with van der Waals surface area (Å²) in [5, 5.41) is 3.52. The Balaban J connectivity index is 1.83. The zero-order valence-electron chi connectivity index (χ0n) is 15.4. The molecule has 0 aromatic heterocycles. The van der Waals surface area contributed by atoms with Gasteiger partial charge in [0.25, 0.3) is 0 Å². The van der Waals surface area contributed by atoms with Crippen molar-refractivity contribution in [2.24, 2.45) is 4.99 Å². The molecule has 0 saturated heterocycles. The molecule has 27 heavy (non-hydrogen) atoms. The lowest BCUT2D eigenvalue weighted by Crippen LogP contribution is -2.14. The number of aliphatic imine (C=N–C) groups is 1. The van der Waals surface area contributed by atoms with Crippen molar-refractivity contribution in [3.63, 3.8) is 0 Å². The number of nitrogens with one attached hydrogen (secondary N) is 1. The summed E-state index contributed by atoms with van der Waals surface area (Å²) in [6.45, 7) is 2.36. The van der Waals surface area contributed by atoms with Crippen LogP contribution in [0, 0.1) is 0 Å². The van der Waals surface area contributed by atoms with E-state index in [1.807, 2.05) is 55.5 Å². The van der Waals surface area contributed by atoms with Gasteiger partial charge < -0.3 is 4.74 Å². The molecule has 1 saturated carbocycles. The van der Waals surface area contributed by atoms with Crippen LogP contribution in [0.4, 0.5) is 16.2 Å². The Morgan fingerprint density at radius 2 is 1.96 bits per heavy atom. The number of hydrogen-bond donors (Lipinski definition) is 1. The molecule has 0 aliphatic heterocycles. The highest BCUT2D eigenvalue weighted by molar-refractivity contribution is 6.30. The quantitative estimate of drug-likeness (QED) is 0.630. The van der Waals surface area contributed by atoms with Crippen LogP contribution in [0.15, 0.2) is 59.1 Å². The normalized spacial score (nSPS) is 16.7. The lowest BCUT2D eigenvalue weighted by Gasteiger charge is -2.09. The maximum absolute atomic E-state index is 11.9. The fourth-order valence-corrected chi connectivity index (χ4v) is 3.08. The van der Waals surface area contributed by atoms with Crippen LogP contribution in [0.3, 0.4) is 0 Å². The second kappa shape index (κ2) is 9.38. The van der Waals surface area contributed by atoms with E-state index in [2.05, 4.69) is 11.4 Å². The van der Waals surface area contributed by atoms with Crippen LogP contribution in [0.5, 0.6) is 0 Å². The summed E-state index contributed by atoms with van der Waals surface area (Å²) in [6.07, 6.45) is 5.49. The highest BCUT2D eigenvalue weighted by Crippen LogP contribution is 2.31. The van der Waals surface area contributed by atoms with Crippen molar-refractivity contribution >= 4 is 40.9 Å². The monoisotopic (exact) mass is 382 g/mol. The van der Waals surface area contributed by atoms with Crippen molar-refractivity contribution in [2.45, 2.75) is 32.6 Å². The van der Waals surface area contributed by atoms with E-state index >= 15 is 0 Å². The van der Waals surface area contributed by atoms with E-state index in [0.717, 1.165) is 47.7 Å². The number of amides is 1. The maximum Gasteiger partial charge on any atom is 0.411 e. The van der Waals surface area contributed by atoms with E-state index in [4.69, 9.17) is 21.3 Å². The SMILES string of the molecule is CCCOC(=O)Nc1ccccc1N=C1CCCC1=Cc1ccc(Cl)cc1. The molecule has 3 rings (SSSR count). The van der Waals surface area contributed by atoms with Crippen molar-refractivity contribution in [2.75, 3.05) is 11.9 Å². The number of rotatable bonds is 5. The molecule has 5 heteroatoms. The predicted molar refractivity (Wildman–Crippen MR) is 112 cm³/mol. The Labute approximate surface area is 164 Å². The van der Waals surface area contributed by atoms with Crippen molar-refractivity contribution < 1.29 is 9.53 Å². The second-order valence-electron chi connectivity index (χ2n) is 6.41. The van der Waals surface area contributed by atoms with E-state index in [9.17, 15) is 4.79 Å². The average Bonchev–Trinajstić information content (AvgIpc) is 3.10. The Morgan fingerprint density at radius 1 is 1.19 bits per heavy atom. The van der Waals surface area contributed by atoms with Crippen LogP contribution in [-0.4, -0.2) is 18.4 Å². The molecule has 0 spiro atoms. The van der Waals surface area contributed by atoms with E-state index in [1.54, 1.807) is 0 Å². The maximum atomic E-state index is 11.9. The molecule has 140 valence electrons. The van der Waals surface area contributed by atoms with Gasteiger partial charge in [-0.2, -0.15) is 0 Å². The molecule has 1 N–H and O–H groups in total.